The highest BCUT2D eigenvalue weighted by Crippen LogP contribution is 2.31. The molecule has 4 nitrogen and oxygen atoms in total. The number of hydrogen-bond donors (Lipinski definition) is 2. The molecule has 0 unspecified atom stereocenters. The van der Waals surface area contributed by atoms with Crippen molar-refractivity contribution in [2.45, 2.75) is 13.8 Å². The van der Waals surface area contributed by atoms with E-state index in [2.05, 4.69) is 15.2 Å². The van der Waals surface area contributed by atoms with Crippen molar-refractivity contribution in [3.8, 4) is 10.6 Å². The van der Waals surface area contributed by atoms with Crippen molar-refractivity contribution in [3.63, 3.8) is 0 Å². The predicted octanol–water partition coefficient (Wildman–Crippen LogP) is 1.87. The van der Waals surface area contributed by atoms with Crippen LogP contribution in [0, 0.1) is 19.7 Å². The molecule has 3 N–H and O–H groups in total. The number of nitrogen functional groups attached to an aromatic ring is 1. The van der Waals surface area contributed by atoms with Crippen molar-refractivity contribution < 1.29 is 4.39 Å². The molecule has 0 radical (unpaired) electrons. The lowest BCUT2D eigenvalue weighted by molar-refractivity contribution is 0.637. The van der Waals surface area contributed by atoms with Crippen molar-refractivity contribution in [2.24, 2.45) is 0 Å². The van der Waals surface area contributed by atoms with Crippen LogP contribution in [0.15, 0.2) is 0 Å². The second-order valence-corrected chi connectivity index (χ2v) is 4.15. The van der Waals surface area contributed by atoms with E-state index in [4.69, 9.17) is 5.73 Å². The molecule has 2 aromatic rings. The largest absolute Gasteiger partial charge is 0.380 e. The van der Waals surface area contributed by atoms with Gasteiger partial charge in [-0.3, -0.25) is 5.10 Å². The molecule has 0 aromatic carbocycles. The zero-order valence-corrected chi connectivity index (χ0v) is 8.57. The van der Waals surface area contributed by atoms with Gasteiger partial charge in [0.1, 0.15) is 5.69 Å². The molecule has 0 aliphatic heterocycles. The highest BCUT2D eigenvalue weighted by molar-refractivity contribution is 7.15. The minimum atomic E-state index is -0.503. The Morgan fingerprint density at radius 1 is 1.43 bits per heavy atom. The molecule has 0 bridgehead atoms. The lowest BCUT2D eigenvalue weighted by Gasteiger charge is -1.92. The van der Waals surface area contributed by atoms with Gasteiger partial charge >= 0.3 is 0 Å². The summed E-state index contributed by atoms with van der Waals surface area (Å²) in [6, 6.07) is 0. The smallest absolute Gasteiger partial charge is 0.193 e. The minimum Gasteiger partial charge on any atom is -0.380 e. The highest BCUT2D eigenvalue weighted by Gasteiger charge is 2.16. The van der Waals surface area contributed by atoms with Crippen molar-refractivity contribution in [3.05, 3.63) is 16.5 Å². The van der Waals surface area contributed by atoms with Gasteiger partial charge in [-0.05, 0) is 13.8 Å². The maximum Gasteiger partial charge on any atom is 0.193 e. The summed E-state index contributed by atoms with van der Waals surface area (Å²) >= 11 is 1.42. The van der Waals surface area contributed by atoms with Gasteiger partial charge in [-0.2, -0.15) is 5.10 Å². The fourth-order valence-corrected chi connectivity index (χ4v) is 2.16. The van der Waals surface area contributed by atoms with Gasteiger partial charge in [0.05, 0.1) is 15.6 Å². The van der Waals surface area contributed by atoms with E-state index in [1.54, 1.807) is 0 Å². The number of anilines is 1. The molecule has 14 heavy (non-hydrogen) atoms. The van der Waals surface area contributed by atoms with Crippen LogP contribution < -0.4 is 5.73 Å². The number of thiazole rings is 1. The number of rotatable bonds is 1. The van der Waals surface area contributed by atoms with Gasteiger partial charge in [0.2, 0.25) is 0 Å². The van der Waals surface area contributed by atoms with E-state index < -0.39 is 5.82 Å². The van der Waals surface area contributed by atoms with Crippen molar-refractivity contribution >= 4 is 17.2 Å². The fourth-order valence-electron chi connectivity index (χ4n) is 1.26. The van der Waals surface area contributed by atoms with Gasteiger partial charge in [0.15, 0.2) is 11.6 Å². The molecule has 74 valence electrons. The number of halogens is 1. The summed E-state index contributed by atoms with van der Waals surface area (Å²) in [5, 5.41) is 7.06. The molecule has 2 rings (SSSR count). The third-order valence-electron chi connectivity index (χ3n) is 1.86. The zero-order valence-electron chi connectivity index (χ0n) is 7.76. The molecule has 0 saturated carbocycles. The van der Waals surface area contributed by atoms with Crippen LogP contribution in [0.5, 0.6) is 0 Å². The maximum atomic E-state index is 13.4. The molecule has 0 spiro atoms. The SMILES string of the molecule is Cc1nc(C)c(-c2[nH]nc(N)c2F)s1. The predicted molar refractivity (Wildman–Crippen MR) is 53.5 cm³/mol. The molecular weight excluding hydrogens is 203 g/mol. The Bertz CT molecular complexity index is 474. The Hall–Kier alpha value is -1.43. The minimum absolute atomic E-state index is 0.106. The van der Waals surface area contributed by atoms with Crippen LogP contribution in [0.1, 0.15) is 10.7 Å². The van der Waals surface area contributed by atoms with Crippen LogP contribution in [-0.4, -0.2) is 15.2 Å². The maximum absolute atomic E-state index is 13.4. The zero-order chi connectivity index (χ0) is 10.3. The van der Waals surface area contributed by atoms with Gasteiger partial charge in [-0.1, -0.05) is 0 Å². The second kappa shape index (κ2) is 3.06. The number of aromatic nitrogens is 3. The monoisotopic (exact) mass is 212 g/mol. The van der Waals surface area contributed by atoms with E-state index in [0.29, 0.717) is 5.69 Å². The number of aryl methyl sites for hydroxylation is 2. The Balaban J connectivity index is 2.59. The number of hydrogen-bond acceptors (Lipinski definition) is 4. The normalized spacial score (nSPS) is 10.8. The molecule has 2 heterocycles. The Morgan fingerprint density at radius 2 is 2.14 bits per heavy atom. The van der Waals surface area contributed by atoms with Crippen LogP contribution in [0.3, 0.4) is 0 Å². The standard InChI is InChI=1S/C8H9FN4S/c1-3-7(14-4(2)11-3)6-5(9)8(10)13-12-6/h1-2H3,(H3,10,12,13). The summed E-state index contributed by atoms with van der Waals surface area (Å²) in [6.07, 6.45) is 0. The summed E-state index contributed by atoms with van der Waals surface area (Å²) in [7, 11) is 0. The second-order valence-electron chi connectivity index (χ2n) is 2.95. The van der Waals surface area contributed by atoms with Crippen LogP contribution >= 0.6 is 11.3 Å². The van der Waals surface area contributed by atoms with Gasteiger partial charge in [-0.25, -0.2) is 9.37 Å². The molecule has 0 amide bonds. The number of H-pyrrole nitrogens is 1. The third-order valence-corrected chi connectivity index (χ3v) is 2.95. The van der Waals surface area contributed by atoms with E-state index in [1.165, 1.54) is 11.3 Å². The van der Waals surface area contributed by atoms with Gasteiger partial charge in [0, 0.05) is 0 Å². The first kappa shape index (κ1) is 9.14. The van der Waals surface area contributed by atoms with Crippen LogP contribution in [-0.2, 0) is 0 Å². The van der Waals surface area contributed by atoms with Gasteiger partial charge in [0.25, 0.3) is 0 Å². The molecule has 6 heteroatoms. The first-order valence-electron chi connectivity index (χ1n) is 4.03. The molecule has 0 fully saturated rings. The number of aromatic amines is 1. The first-order chi connectivity index (χ1) is 6.59. The molecule has 2 aromatic heterocycles. The Kier molecular flexibility index (Phi) is 1.99. The first-order valence-corrected chi connectivity index (χ1v) is 4.85. The summed E-state index contributed by atoms with van der Waals surface area (Å²) in [5.41, 5.74) is 6.41. The summed E-state index contributed by atoms with van der Waals surface area (Å²) in [6.45, 7) is 3.70. The van der Waals surface area contributed by atoms with Crippen molar-refractivity contribution in [1.29, 1.82) is 0 Å². The number of nitrogens with two attached hydrogens (primary N) is 1. The van der Waals surface area contributed by atoms with E-state index in [-0.39, 0.29) is 5.82 Å². The lowest BCUT2D eigenvalue weighted by atomic mass is 10.3. The topological polar surface area (TPSA) is 67.6 Å². The van der Waals surface area contributed by atoms with Crippen LogP contribution in [0.4, 0.5) is 10.2 Å². The Morgan fingerprint density at radius 3 is 2.57 bits per heavy atom. The van der Waals surface area contributed by atoms with Crippen molar-refractivity contribution in [2.75, 3.05) is 5.73 Å². The third kappa shape index (κ3) is 1.27. The highest BCUT2D eigenvalue weighted by atomic mass is 32.1. The van der Waals surface area contributed by atoms with E-state index in [9.17, 15) is 4.39 Å². The number of nitrogens with one attached hydrogen (secondary N) is 1. The summed E-state index contributed by atoms with van der Waals surface area (Å²) in [5.74, 6) is -0.609. The van der Waals surface area contributed by atoms with Crippen molar-refractivity contribution in [1.82, 2.24) is 15.2 Å². The number of nitrogens with zero attached hydrogens (tertiary/aromatic N) is 2. The summed E-state index contributed by atoms with van der Waals surface area (Å²) < 4.78 is 13.4. The molecule has 0 aliphatic carbocycles. The molecular formula is C8H9FN4S. The summed E-state index contributed by atoms with van der Waals surface area (Å²) in [4.78, 5) is 4.95. The van der Waals surface area contributed by atoms with Gasteiger partial charge < -0.3 is 5.73 Å². The van der Waals surface area contributed by atoms with Crippen LogP contribution in [0.2, 0.25) is 0 Å². The fraction of sp³-hybridized carbons (Fsp3) is 0.250. The molecule has 0 atom stereocenters. The van der Waals surface area contributed by atoms with E-state index >= 15 is 0 Å². The lowest BCUT2D eigenvalue weighted by Crippen LogP contribution is -1.87. The van der Waals surface area contributed by atoms with Gasteiger partial charge in [-0.15, -0.1) is 11.3 Å². The van der Waals surface area contributed by atoms with E-state index in [0.717, 1.165) is 15.6 Å². The Labute approximate surface area is 84.0 Å². The quantitative estimate of drug-likeness (QED) is 0.758. The van der Waals surface area contributed by atoms with E-state index in [1.807, 2.05) is 13.8 Å². The average molecular weight is 212 g/mol. The average Bonchev–Trinajstić information content (AvgIpc) is 2.59. The molecule has 0 aliphatic rings. The van der Waals surface area contributed by atoms with Crippen LogP contribution in [0.25, 0.3) is 10.6 Å². The molecule has 0 saturated heterocycles.